The van der Waals surface area contributed by atoms with Crippen molar-refractivity contribution in [2.75, 3.05) is 13.2 Å². The molecule has 0 radical (unpaired) electrons. The van der Waals surface area contributed by atoms with E-state index < -0.39 is 29.6 Å². The lowest BCUT2D eigenvalue weighted by Gasteiger charge is -2.25. The minimum atomic E-state index is -1.13. The summed E-state index contributed by atoms with van der Waals surface area (Å²) in [6.07, 6.45) is -2.33. The highest BCUT2D eigenvalue weighted by atomic mass is 16.5. The average Bonchev–Trinajstić information content (AvgIpc) is 3.03. The number of alkyl carbamates (subject to hydrolysis) is 1. The maximum atomic E-state index is 12.2. The third kappa shape index (κ3) is 5.85. The molecular formula is C24H28N2O6. The lowest BCUT2D eigenvalue weighted by Crippen LogP contribution is -2.46. The number of ether oxygens (including phenoxy) is 1. The summed E-state index contributed by atoms with van der Waals surface area (Å²) in [5, 5.41) is 23.9. The number of nitrogens with one attached hydrogen (secondary N) is 2. The number of carbonyl (C=O) groups excluding carboxylic acids is 2. The van der Waals surface area contributed by atoms with Crippen molar-refractivity contribution in [3.05, 3.63) is 59.7 Å². The molecule has 2 aromatic carbocycles. The van der Waals surface area contributed by atoms with Crippen LogP contribution in [0.25, 0.3) is 11.1 Å². The smallest absolute Gasteiger partial charge is 0.407 e. The molecule has 1 aliphatic rings. The maximum Gasteiger partial charge on any atom is 0.407 e. The largest absolute Gasteiger partial charge is 0.481 e. The predicted molar refractivity (Wildman–Crippen MR) is 118 cm³/mol. The van der Waals surface area contributed by atoms with Crippen LogP contribution in [0.15, 0.2) is 48.5 Å². The van der Waals surface area contributed by atoms with Gasteiger partial charge in [-0.25, -0.2) is 4.79 Å². The number of hydrogen-bond acceptors (Lipinski definition) is 5. The molecule has 0 fully saturated rings. The van der Waals surface area contributed by atoms with E-state index in [1.165, 1.54) is 0 Å². The van der Waals surface area contributed by atoms with Gasteiger partial charge in [0.1, 0.15) is 6.61 Å². The monoisotopic (exact) mass is 440 g/mol. The Bertz CT molecular complexity index is 958. The van der Waals surface area contributed by atoms with Crippen LogP contribution in [-0.2, 0) is 14.3 Å². The molecule has 2 aromatic rings. The second-order valence-corrected chi connectivity index (χ2v) is 8.57. The second kappa shape index (κ2) is 9.82. The van der Waals surface area contributed by atoms with E-state index in [0.29, 0.717) is 0 Å². The average molecular weight is 440 g/mol. The molecular weight excluding hydrogens is 412 g/mol. The third-order valence-electron chi connectivity index (χ3n) is 5.32. The number of carboxylic acids is 1. The molecule has 1 atom stereocenters. The van der Waals surface area contributed by atoms with Crippen molar-refractivity contribution in [1.29, 1.82) is 0 Å². The van der Waals surface area contributed by atoms with Gasteiger partial charge in [-0.15, -0.1) is 0 Å². The van der Waals surface area contributed by atoms with Crippen LogP contribution in [0.4, 0.5) is 4.79 Å². The van der Waals surface area contributed by atoms with Crippen LogP contribution >= 0.6 is 0 Å². The molecule has 1 unspecified atom stereocenters. The highest BCUT2D eigenvalue weighted by molar-refractivity contribution is 5.79. The SMILES string of the molecule is CC(C)(CC(=O)O)NC(=O)CC(O)CNC(=O)OCC1c2ccccc2-c2ccccc21. The lowest BCUT2D eigenvalue weighted by atomic mass is 9.98. The molecule has 170 valence electrons. The molecule has 8 nitrogen and oxygen atoms in total. The Morgan fingerprint density at radius 2 is 1.59 bits per heavy atom. The number of benzene rings is 2. The Morgan fingerprint density at radius 3 is 2.16 bits per heavy atom. The molecule has 1 aliphatic carbocycles. The van der Waals surface area contributed by atoms with E-state index >= 15 is 0 Å². The molecule has 32 heavy (non-hydrogen) atoms. The molecule has 8 heteroatoms. The van der Waals surface area contributed by atoms with E-state index in [0.717, 1.165) is 22.3 Å². The first-order valence-electron chi connectivity index (χ1n) is 10.5. The summed E-state index contributed by atoms with van der Waals surface area (Å²) < 4.78 is 5.39. The number of fused-ring (bicyclic) bond motifs is 3. The number of rotatable bonds is 9. The van der Waals surface area contributed by atoms with Gasteiger partial charge >= 0.3 is 12.1 Å². The first-order chi connectivity index (χ1) is 15.2. The van der Waals surface area contributed by atoms with Crippen LogP contribution < -0.4 is 10.6 Å². The summed E-state index contributed by atoms with van der Waals surface area (Å²) >= 11 is 0. The van der Waals surface area contributed by atoms with E-state index in [1.54, 1.807) is 13.8 Å². The fraction of sp³-hybridized carbons (Fsp3) is 0.375. The summed E-state index contributed by atoms with van der Waals surface area (Å²) in [5.74, 6) is -1.61. The highest BCUT2D eigenvalue weighted by Crippen LogP contribution is 2.44. The van der Waals surface area contributed by atoms with Crippen LogP contribution in [0.5, 0.6) is 0 Å². The zero-order chi connectivity index (χ0) is 23.3. The van der Waals surface area contributed by atoms with Crippen molar-refractivity contribution in [3.8, 4) is 11.1 Å². The van der Waals surface area contributed by atoms with Gasteiger partial charge in [-0.2, -0.15) is 0 Å². The first kappa shape index (κ1) is 23.3. The number of amides is 2. The van der Waals surface area contributed by atoms with Gasteiger partial charge in [0, 0.05) is 18.0 Å². The van der Waals surface area contributed by atoms with Gasteiger partial charge in [0.15, 0.2) is 0 Å². The number of carbonyl (C=O) groups is 3. The fourth-order valence-corrected chi connectivity index (χ4v) is 3.99. The van der Waals surface area contributed by atoms with Crippen molar-refractivity contribution in [2.24, 2.45) is 0 Å². The highest BCUT2D eigenvalue weighted by Gasteiger charge is 2.29. The van der Waals surface area contributed by atoms with Gasteiger partial charge < -0.3 is 25.6 Å². The summed E-state index contributed by atoms with van der Waals surface area (Å²) in [7, 11) is 0. The summed E-state index contributed by atoms with van der Waals surface area (Å²) in [4.78, 5) is 35.0. The van der Waals surface area contributed by atoms with Crippen LogP contribution in [0, 0.1) is 0 Å². The van der Waals surface area contributed by atoms with Gasteiger partial charge in [0.05, 0.1) is 18.9 Å². The van der Waals surface area contributed by atoms with E-state index in [-0.39, 0.29) is 31.9 Å². The lowest BCUT2D eigenvalue weighted by molar-refractivity contribution is -0.138. The van der Waals surface area contributed by atoms with Crippen molar-refractivity contribution in [1.82, 2.24) is 10.6 Å². The number of aliphatic hydroxyl groups excluding tert-OH is 1. The fourth-order valence-electron chi connectivity index (χ4n) is 3.99. The maximum absolute atomic E-state index is 12.2. The van der Waals surface area contributed by atoms with Crippen LogP contribution in [0.3, 0.4) is 0 Å². The Hall–Kier alpha value is -3.39. The topological polar surface area (TPSA) is 125 Å². The molecule has 4 N–H and O–H groups in total. The zero-order valence-corrected chi connectivity index (χ0v) is 18.1. The molecule has 0 spiro atoms. The zero-order valence-electron chi connectivity index (χ0n) is 18.1. The Kier molecular flexibility index (Phi) is 7.15. The Balaban J connectivity index is 1.47. The van der Waals surface area contributed by atoms with E-state index in [9.17, 15) is 19.5 Å². The first-order valence-corrected chi connectivity index (χ1v) is 10.5. The number of aliphatic carboxylic acids is 1. The summed E-state index contributed by atoms with van der Waals surface area (Å²) in [6.45, 7) is 3.16. The van der Waals surface area contributed by atoms with Crippen LogP contribution in [0.2, 0.25) is 0 Å². The molecule has 2 amide bonds. The molecule has 0 heterocycles. The number of carboxylic acid groups (broad SMARTS) is 1. The van der Waals surface area contributed by atoms with Crippen LogP contribution in [-0.4, -0.2) is 53.0 Å². The van der Waals surface area contributed by atoms with Crippen molar-refractivity contribution >= 4 is 18.0 Å². The molecule has 3 rings (SSSR count). The Morgan fingerprint density at radius 1 is 1.03 bits per heavy atom. The Labute approximate surface area is 186 Å². The van der Waals surface area contributed by atoms with Gasteiger partial charge in [0.25, 0.3) is 0 Å². The van der Waals surface area contributed by atoms with Crippen LogP contribution in [0.1, 0.15) is 43.7 Å². The normalized spacial score (nSPS) is 13.6. The molecule has 0 aromatic heterocycles. The van der Waals surface area contributed by atoms with E-state index in [1.807, 2.05) is 48.5 Å². The number of aliphatic hydroxyl groups is 1. The quantitative estimate of drug-likeness (QED) is 0.475. The standard InChI is InChI=1S/C24H28N2O6/c1-24(2,12-22(29)30)26-21(28)11-15(27)13-25-23(31)32-14-20-18-9-5-3-7-16(18)17-8-4-6-10-19(17)20/h3-10,15,20,27H,11-14H2,1-2H3,(H,25,31)(H,26,28)(H,29,30). The van der Waals surface area contributed by atoms with Crippen molar-refractivity contribution in [3.63, 3.8) is 0 Å². The van der Waals surface area contributed by atoms with Gasteiger partial charge in [-0.1, -0.05) is 48.5 Å². The van der Waals surface area contributed by atoms with Gasteiger partial charge in [-0.05, 0) is 36.1 Å². The molecule has 0 saturated carbocycles. The number of hydrogen-bond donors (Lipinski definition) is 4. The molecule has 0 aliphatic heterocycles. The minimum absolute atomic E-state index is 0.0692. The van der Waals surface area contributed by atoms with Crippen molar-refractivity contribution < 1.29 is 29.3 Å². The molecule has 0 bridgehead atoms. The third-order valence-corrected chi connectivity index (χ3v) is 5.32. The summed E-state index contributed by atoms with van der Waals surface area (Å²) in [5.41, 5.74) is 3.51. The van der Waals surface area contributed by atoms with E-state index in [2.05, 4.69) is 10.6 Å². The van der Waals surface area contributed by atoms with Gasteiger partial charge in [-0.3, -0.25) is 9.59 Å². The molecule has 0 saturated heterocycles. The van der Waals surface area contributed by atoms with Gasteiger partial charge in [0.2, 0.25) is 5.91 Å². The predicted octanol–water partition coefficient (Wildman–Crippen LogP) is 2.65. The summed E-state index contributed by atoms with van der Waals surface area (Å²) in [6, 6.07) is 16.0. The minimum Gasteiger partial charge on any atom is -0.481 e. The van der Waals surface area contributed by atoms with Crippen molar-refractivity contribution in [2.45, 2.75) is 44.2 Å². The van der Waals surface area contributed by atoms with E-state index in [4.69, 9.17) is 9.84 Å². The second-order valence-electron chi connectivity index (χ2n) is 8.57.